The van der Waals surface area contributed by atoms with E-state index in [2.05, 4.69) is 64.1 Å². The first-order valence-electron chi connectivity index (χ1n) is 7.34. The maximum atomic E-state index is 6.33. The van der Waals surface area contributed by atoms with Gasteiger partial charge in [0, 0.05) is 5.56 Å². The van der Waals surface area contributed by atoms with Crippen LogP contribution in [0.4, 0.5) is 0 Å². The Morgan fingerprint density at radius 1 is 0.857 bits per heavy atom. The Balaban J connectivity index is 2.00. The summed E-state index contributed by atoms with van der Waals surface area (Å²) >= 11 is 0. The van der Waals surface area contributed by atoms with Gasteiger partial charge in [-0.1, -0.05) is 48.0 Å². The number of hydrogen-bond donors (Lipinski definition) is 0. The summed E-state index contributed by atoms with van der Waals surface area (Å²) < 4.78 is 6.33. The Bertz CT molecular complexity index is 670. The van der Waals surface area contributed by atoms with Gasteiger partial charge in [0.1, 0.15) is 5.54 Å². The van der Waals surface area contributed by atoms with Crippen molar-refractivity contribution in [2.24, 2.45) is 4.99 Å². The van der Waals surface area contributed by atoms with E-state index in [0.29, 0.717) is 0 Å². The number of nitrogens with zero attached hydrogens (tertiary/aromatic N) is 1. The fraction of sp³-hybridized carbons (Fsp3) is 0.316. The van der Waals surface area contributed by atoms with E-state index in [0.717, 1.165) is 17.0 Å². The lowest BCUT2D eigenvalue weighted by Crippen LogP contribution is -2.41. The minimum absolute atomic E-state index is 0.311. The zero-order chi connectivity index (χ0) is 15.1. The molecule has 0 radical (unpaired) electrons. The molecule has 1 atom stereocenters. The van der Waals surface area contributed by atoms with Crippen molar-refractivity contribution in [2.75, 3.05) is 0 Å². The summed E-state index contributed by atoms with van der Waals surface area (Å²) in [5.74, 6) is 0.728. The zero-order valence-electron chi connectivity index (χ0n) is 13.1. The van der Waals surface area contributed by atoms with E-state index < -0.39 is 5.60 Å². The van der Waals surface area contributed by atoms with E-state index >= 15 is 0 Å². The predicted molar refractivity (Wildman–Crippen MR) is 86.7 cm³/mol. The van der Waals surface area contributed by atoms with Gasteiger partial charge in [-0.3, -0.25) is 0 Å². The van der Waals surface area contributed by atoms with Crippen molar-refractivity contribution in [3.63, 3.8) is 0 Å². The number of ether oxygens (including phenoxy) is 1. The average Bonchev–Trinajstić information content (AvgIpc) is 2.72. The van der Waals surface area contributed by atoms with Crippen molar-refractivity contribution < 1.29 is 4.74 Å². The molecule has 2 aromatic rings. The molecule has 0 saturated carbocycles. The third-order valence-electron chi connectivity index (χ3n) is 4.47. The lowest BCUT2D eigenvalue weighted by Gasteiger charge is -2.35. The highest BCUT2D eigenvalue weighted by molar-refractivity contribution is 5.96. The Morgan fingerprint density at radius 2 is 1.48 bits per heavy atom. The largest absolute Gasteiger partial charge is 0.464 e. The summed E-state index contributed by atoms with van der Waals surface area (Å²) in [5.41, 5.74) is 2.67. The van der Waals surface area contributed by atoms with Crippen molar-refractivity contribution in [2.45, 2.75) is 38.8 Å². The zero-order valence-corrected chi connectivity index (χ0v) is 13.1. The van der Waals surface area contributed by atoms with Gasteiger partial charge in [-0.15, -0.1) is 0 Å². The van der Waals surface area contributed by atoms with Crippen LogP contribution in [0.5, 0.6) is 0 Å². The van der Waals surface area contributed by atoms with Crippen LogP contribution in [-0.4, -0.2) is 11.4 Å². The topological polar surface area (TPSA) is 21.6 Å². The minimum atomic E-state index is -0.450. The molecule has 0 aliphatic carbocycles. The van der Waals surface area contributed by atoms with E-state index in [-0.39, 0.29) is 5.54 Å². The smallest absolute Gasteiger partial charge is 0.217 e. The van der Waals surface area contributed by atoms with Gasteiger partial charge in [0.15, 0.2) is 5.60 Å². The summed E-state index contributed by atoms with van der Waals surface area (Å²) in [6.45, 7) is 8.45. The van der Waals surface area contributed by atoms with Crippen molar-refractivity contribution in [3.8, 4) is 0 Å². The number of aliphatic imine (C=N–C) groups is 1. The quantitative estimate of drug-likeness (QED) is 0.795. The highest BCUT2D eigenvalue weighted by Crippen LogP contribution is 2.44. The molecule has 1 heterocycles. The third kappa shape index (κ3) is 2.25. The standard InChI is InChI=1S/C19H21NO/c1-14-10-12-15(13-11-14)17-20-18(2,3)19(4,21-17)16-8-6-5-7-9-16/h5-13H,1-4H3/t19-/m1/s1. The number of rotatable bonds is 2. The second kappa shape index (κ2) is 4.73. The van der Waals surface area contributed by atoms with E-state index in [9.17, 15) is 0 Å². The fourth-order valence-corrected chi connectivity index (χ4v) is 2.69. The molecule has 2 heteroatoms. The summed E-state index contributed by atoms with van der Waals surface area (Å²) in [6, 6.07) is 18.6. The Kier molecular flexibility index (Phi) is 3.12. The second-order valence-corrected chi connectivity index (χ2v) is 6.34. The highest BCUT2D eigenvalue weighted by Gasteiger charge is 2.50. The molecule has 2 nitrogen and oxygen atoms in total. The Labute approximate surface area is 126 Å². The van der Waals surface area contributed by atoms with Crippen molar-refractivity contribution in [1.82, 2.24) is 0 Å². The molecule has 0 amide bonds. The van der Waals surface area contributed by atoms with Gasteiger partial charge in [0.2, 0.25) is 5.90 Å². The number of hydrogen-bond acceptors (Lipinski definition) is 2. The van der Waals surface area contributed by atoms with Crippen molar-refractivity contribution >= 4 is 5.90 Å². The van der Waals surface area contributed by atoms with Crippen molar-refractivity contribution in [3.05, 3.63) is 71.3 Å². The first kappa shape index (κ1) is 13.9. The SMILES string of the molecule is Cc1ccc(C2=NC(C)(C)[C@@](C)(c3ccccc3)O2)cc1. The van der Waals surface area contributed by atoms with Crippen LogP contribution in [0.3, 0.4) is 0 Å². The molecule has 21 heavy (non-hydrogen) atoms. The second-order valence-electron chi connectivity index (χ2n) is 6.34. The van der Waals surface area contributed by atoms with E-state index in [1.165, 1.54) is 5.56 Å². The molecule has 3 rings (SSSR count). The lowest BCUT2D eigenvalue weighted by atomic mass is 9.80. The molecule has 0 N–H and O–H groups in total. The van der Waals surface area contributed by atoms with Gasteiger partial charge in [0.25, 0.3) is 0 Å². The van der Waals surface area contributed by atoms with Crippen LogP contribution >= 0.6 is 0 Å². The number of aryl methyl sites for hydroxylation is 1. The minimum Gasteiger partial charge on any atom is -0.464 e. The van der Waals surface area contributed by atoms with Crippen LogP contribution in [0.1, 0.15) is 37.5 Å². The van der Waals surface area contributed by atoms with Gasteiger partial charge >= 0.3 is 0 Å². The molecule has 108 valence electrons. The number of benzene rings is 2. The molecular formula is C19H21NO. The maximum absolute atomic E-state index is 6.33. The predicted octanol–water partition coefficient (Wildman–Crippen LogP) is 4.47. The molecule has 0 spiro atoms. The first-order valence-corrected chi connectivity index (χ1v) is 7.34. The Morgan fingerprint density at radius 3 is 2.10 bits per heavy atom. The van der Waals surface area contributed by atoms with Crippen LogP contribution in [0.25, 0.3) is 0 Å². The average molecular weight is 279 g/mol. The van der Waals surface area contributed by atoms with Gasteiger partial charge in [0.05, 0.1) is 0 Å². The van der Waals surface area contributed by atoms with E-state index in [1.807, 2.05) is 18.2 Å². The van der Waals surface area contributed by atoms with Crippen LogP contribution in [0.2, 0.25) is 0 Å². The van der Waals surface area contributed by atoms with Crippen LogP contribution < -0.4 is 0 Å². The molecule has 0 bridgehead atoms. The molecule has 2 aromatic carbocycles. The van der Waals surface area contributed by atoms with Gasteiger partial charge < -0.3 is 4.74 Å². The molecule has 0 aromatic heterocycles. The van der Waals surface area contributed by atoms with Crippen LogP contribution in [-0.2, 0) is 10.3 Å². The Hall–Kier alpha value is -2.09. The summed E-state index contributed by atoms with van der Waals surface area (Å²) in [6.07, 6.45) is 0. The van der Waals surface area contributed by atoms with E-state index in [4.69, 9.17) is 9.73 Å². The van der Waals surface area contributed by atoms with Crippen molar-refractivity contribution in [1.29, 1.82) is 0 Å². The molecule has 0 fully saturated rings. The van der Waals surface area contributed by atoms with Crippen LogP contribution in [0.15, 0.2) is 59.6 Å². The lowest BCUT2D eigenvalue weighted by molar-refractivity contribution is 0.0387. The molecular weight excluding hydrogens is 258 g/mol. The first-order chi connectivity index (χ1) is 9.92. The normalized spacial score (nSPS) is 23.5. The van der Waals surface area contributed by atoms with Gasteiger partial charge in [-0.05, 0) is 45.4 Å². The molecule has 0 saturated heterocycles. The van der Waals surface area contributed by atoms with Gasteiger partial charge in [-0.25, -0.2) is 4.99 Å². The molecule has 0 unspecified atom stereocenters. The summed E-state index contributed by atoms with van der Waals surface area (Å²) in [7, 11) is 0. The third-order valence-corrected chi connectivity index (χ3v) is 4.47. The summed E-state index contributed by atoms with van der Waals surface area (Å²) in [4.78, 5) is 4.84. The van der Waals surface area contributed by atoms with Gasteiger partial charge in [-0.2, -0.15) is 0 Å². The van der Waals surface area contributed by atoms with Crippen LogP contribution in [0, 0.1) is 6.92 Å². The maximum Gasteiger partial charge on any atom is 0.217 e. The molecule has 1 aliphatic heterocycles. The molecule has 1 aliphatic rings. The fourth-order valence-electron chi connectivity index (χ4n) is 2.69. The monoisotopic (exact) mass is 279 g/mol. The summed E-state index contributed by atoms with van der Waals surface area (Å²) in [5, 5.41) is 0. The van der Waals surface area contributed by atoms with E-state index in [1.54, 1.807) is 0 Å². The highest BCUT2D eigenvalue weighted by atomic mass is 16.5.